The van der Waals surface area contributed by atoms with Crippen molar-refractivity contribution < 1.29 is 44.4 Å². The number of aliphatic hydroxyl groups is 1. The van der Waals surface area contributed by atoms with Gasteiger partial charge in [0.05, 0.1) is 12.8 Å². The lowest BCUT2D eigenvalue weighted by atomic mass is 9.96. The highest BCUT2D eigenvalue weighted by Gasteiger charge is 2.40. The van der Waals surface area contributed by atoms with Gasteiger partial charge in [0.2, 0.25) is 0 Å². The van der Waals surface area contributed by atoms with Gasteiger partial charge in [-0.2, -0.15) is 0 Å². The third kappa shape index (κ3) is 22.6. The zero-order chi connectivity index (χ0) is 17.8. The van der Waals surface area contributed by atoms with Crippen molar-refractivity contribution in [3.8, 4) is 0 Å². The van der Waals surface area contributed by atoms with Gasteiger partial charge < -0.3 is 43.4 Å². The number of carbonyl (C=O) groups is 5. The van der Waals surface area contributed by atoms with E-state index in [2.05, 4.69) is 22.9 Å². The summed E-state index contributed by atoms with van der Waals surface area (Å²) >= 11 is 0. The Morgan fingerprint density at radius 1 is 0.714 bits per heavy atom. The Balaban J connectivity index is -0.000000334. The minimum absolute atomic E-state index is 0.833. The van der Waals surface area contributed by atoms with Gasteiger partial charge in [0.1, 0.15) is 0 Å². The van der Waals surface area contributed by atoms with Crippen molar-refractivity contribution in [1.29, 1.82) is 0 Å². The van der Waals surface area contributed by atoms with Crippen molar-refractivity contribution in [3.05, 3.63) is 0 Å². The molecule has 0 radical (unpaired) electrons. The number of aliphatic carboxylic acids is 3. The van der Waals surface area contributed by atoms with E-state index in [0.717, 1.165) is 0 Å². The van der Waals surface area contributed by atoms with E-state index in [4.69, 9.17) is 30.0 Å². The lowest BCUT2D eigenvalue weighted by Gasteiger charge is -2.18. The minimum Gasteiger partial charge on any atom is -0.481 e. The lowest BCUT2D eigenvalue weighted by Crippen LogP contribution is -2.42. The van der Waals surface area contributed by atoms with Crippen molar-refractivity contribution in [2.75, 3.05) is 0 Å². The van der Waals surface area contributed by atoms with Crippen LogP contribution in [0.25, 0.3) is 0 Å². The molecule has 0 fully saturated rings. The number of hydrogen-bond acceptors (Lipinski definition) is 6. The van der Waals surface area contributed by atoms with Gasteiger partial charge in [-0.15, -0.1) is 0 Å². The van der Waals surface area contributed by atoms with Crippen LogP contribution in [0.3, 0.4) is 0 Å². The molecule has 13 heteroatoms. The average molecular weight is 312 g/mol. The van der Waals surface area contributed by atoms with Crippen LogP contribution in [0.5, 0.6) is 0 Å². The third-order valence-corrected chi connectivity index (χ3v) is 1.29. The molecule has 0 aliphatic heterocycles. The number of rotatable bonds is 5. The van der Waals surface area contributed by atoms with Gasteiger partial charge in [0.15, 0.2) is 5.60 Å². The number of hydrogen-bond donors (Lipinski definition) is 8. The van der Waals surface area contributed by atoms with Crippen LogP contribution in [0, 0.1) is 0 Å². The van der Waals surface area contributed by atoms with Crippen molar-refractivity contribution >= 4 is 30.0 Å². The molecule has 0 aromatic carbocycles. The lowest BCUT2D eigenvalue weighted by molar-refractivity contribution is -0.170. The Morgan fingerprint density at radius 3 is 1.00 bits per heavy atom. The summed E-state index contributed by atoms with van der Waals surface area (Å²) in [5.74, 6) is -5.02. The van der Waals surface area contributed by atoms with E-state index in [1.165, 1.54) is 0 Å². The predicted molar refractivity (Wildman–Crippen MR) is 64.6 cm³/mol. The molecule has 12 N–H and O–H groups in total. The Kier molecular flexibility index (Phi) is 11.8. The summed E-state index contributed by atoms with van der Waals surface area (Å²) in [6.07, 6.45) is -2.29. The molecule has 0 unspecified atom stereocenters. The van der Waals surface area contributed by atoms with Crippen molar-refractivity contribution in [2.45, 2.75) is 18.4 Å². The van der Waals surface area contributed by atoms with Gasteiger partial charge in [-0.3, -0.25) is 9.59 Å². The topological polar surface area (TPSA) is 270 Å². The van der Waals surface area contributed by atoms with Gasteiger partial charge in [-0.25, -0.2) is 14.4 Å². The second kappa shape index (κ2) is 10.8. The molecular weight excluding hydrogens is 296 g/mol. The Hall–Kier alpha value is -3.09. The van der Waals surface area contributed by atoms with Crippen molar-refractivity contribution in [1.82, 2.24) is 0 Å². The molecular formula is C8H16N4O9. The van der Waals surface area contributed by atoms with Gasteiger partial charge >= 0.3 is 30.0 Å². The SMILES string of the molecule is NC(N)=O.NC(N)=O.O=C(O)CC(O)(CC(=O)O)C(=O)O. The zero-order valence-corrected chi connectivity index (χ0v) is 10.6. The molecule has 0 saturated carbocycles. The average Bonchev–Trinajstić information content (AvgIpc) is 2.11. The van der Waals surface area contributed by atoms with Gasteiger partial charge in [0, 0.05) is 0 Å². The summed E-state index contributed by atoms with van der Waals surface area (Å²) in [6, 6.07) is -1.67. The predicted octanol–water partition coefficient (Wildman–Crippen LogP) is -3.20. The molecule has 21 heavy (non-hydrogen) atoms. The summed E-state index contributed by atoms with van der Waals surface area (Å²) in [5.41, 5.74) is 14.3. The van der Waals surface area contributed by atoms with Crippen LogP contribution < -0.4 is 22.9 Å². The molecule has 0 atom stereocenters. The largest absolute Gasteiger partial charge is 0.481 e. The molecule has 4 amide bonds. The first-order valence-electron chi connectivity index (χ1n) is 4.73. The summed E-state index contributed by atoms with van der Waals surface area (Å²) in [7, 11) is 0. The minimum atomic E-state index is -2.74. The van der Waals surface area contributed by atoms with E-state index in [0.29, 0.717) is 0 Å². The highest BCUT2D eigenvalue weighted by atomic mass is 16.4. The number of carboxylic acid groups (broad SMARTS) is 3. The van der Waals surface area contributed by atoms with Crippen LogP contribution in [0.1, 0.15) is 12.8 Å². The molecule has 0 rings (SSSR count). The Morgan fingerprint density at radius 2 is 0.905 bits per heavy atom. The van der Waals surface area contributed by atoms with E-state index in [1.807, 2.05) is 0 Å². The zero-order valence-electron chi connectivity index (χ0n) is 10.6. The molecule has 0 bridgehead atoms. The fraction of sp³-hybridized carbons (Fsp3) is 0.375. The van der Waals surface area contributed by atoms with E-state index in [9.17, 15) is 14.4 Å². The molecule has 122 valence electrons. The number of nitrogens with two attached hydrogens (primary N) is 4. The Labute approximate surface area is 117 Å². The number of carbonyl (C=O) groups excluding carboxylic acids is 2. The monoisotopic (exact) mass is 312 g/mol. The Bertz CT molecular complexity index is 373. The van der Waals surface area contributed by atoms with E-state index in [1.54, 1.807) is 0 Å². The molecule has 0 aromatic rings. The van der Waals surface area contributed by atoms with Crippen LogP contribution in [-0.2, 0) is 14.4 Å². The maximum absolute atomic E-state index is 10.3. The van der Waals surface area contributed by atoms with E-state index in [-0.39, 0.29) is 0 Å². The van der Waals surface area contributed by atoms with Crippen LogP contribution >= 0.6 is 0 Å². The number of carboxylic acids is 3. The normalized spacial score (nSPS) is 9.00. The standard InChI is InChI=1S/C6H8O7.2CH4N2O/c7-3(8)1-6(13,5(11)12)2-4(9)10;2*2-1(3)4/h13H,1-2H2,(H,7,8)(H,9,10)(H,11,12);2*(H4,2,3,4). The van der Waals surface area contributed by atoms with Crippen LogP contribution in [0.15, 0.2) is 0 Å². The van der Waals surface area contributed by atoms with Crippen LogP contribution in [-0.4, -0.2) is 56.0 Å². The van der Waals surface area contributed by atoms with Gasteiger partial charge in [0.25, 0.3) is 0 Å². The molecule has 0 aliphatic rings. The molecule has 0 aliphatic carbocycles. The van der Waals surface area contributed by atoms with Crippen LogP contribution in [0.2, 0.25) is 0 Å². The second-order valence-corrected chi connectivity index (χ2v) is 3.28. The smallest absolute Gasteiger partial charge is 0.336 e. The summed E-state index contributed by atoms with van der Waals surface area (Å²) in [4.78, 5) is 48.5. The molecule has 13 nitrogen and oxygen atoms in total. The summed E-state index contributed by atoms with van der Waals surface area (Å²) in [6.45, 7) is 0. The summed E-state index contributed by atoms with van der Waals surface area (Å²) in [5, 5.41) is 33.8. The van der Waals surface area contributed by atoms with E-state index >= 15 is 0 Å². The van der Waals surface area contributed by atoms with Crippen molar-refractivity contribution in [2.24, 2.45) is 22.9 Å². The first-order valence-corrected chi connectivity index (χ1v) is 4.73. The molecule has 0 spiro atoms. The van der Waals surface area contributed by atoms with E-state index < -0.39 is 48.4 Å². The molecule has 0 saturated heterocycles. The first kappa shape index (κ1) is 23.0. The van der Waals surface area contributed by atoms with Crippen LogP contribution in [0.4, 0.5) is 9.59 Å². The fourth-order valence-corrected chi connectivity index (χ4v) is 0.714. The first-order chi connectivity index (χ1) is 9.24. The maximum Gasteiger partial charge on any atom is 0.336 e. The highest BCUT2D eigenvalue weighted by Crippen LogP contribution is 2.15. The maximum atomic E-state index is 10.3. The number of primary amides is 4. The quantitative estimate of drug-likeness (QED) is 0.253. The molecule has 0 aromatic heterocycles. The highest BCUT2D eigenvalue weighted by molar-refractivity contribution is 5.88. The van der Waals surface area contributed by atoms with Crippen molar-refractivity contribution in [3.63, 3.8) is 0 Å². The number of urea groups is 2. The summed E-state index contributed by atoms with van der Waals surface area (Å²) < 4.78 is 0. The number of amides is 4. The third-order valence-electron chi connectivity index (χ3n) is 1.29. The second-order valence-electron chi connectivity index (χ2n) is 3.28. The fourth-order valence-electron chi connectivity index (χ4n) is 0.714. The molecule has 0 heterocycles. The van der Waals surface area contributed by atoms with Gasteiger partial charge in [-0.05, 0) is 0 Å². The van der Waals surface area contributed by atoms with Gasteiger partial charge in [-0.1, -0.05) is 0 Å².